The van der Waals surface area contributed by atoms with E-state index >= 15 is 0 Å². The van der Waals surface area contributed by atoms with Gasteiger partial charge in [-0.2, -0.15) is 0 Å². The molecule has 92 valence electrons. The molecule has 0 aromatic heterocycles. The van der Waals surface area contributed by atoms with E-state index in [0.717, 1.165) is 0 Å². The lowest BCUT2D eigenvalue weighted by Gasteiger charge is -2.09. The highest BCUT2D eigenvalue weighted by Crippen LogP contribution is 2.35. The maximum absolute atomic E-state index is 11.7. The average Bonchev–Trinajstić information content (AvgIpc) is 2.29. The summed E-state index contributed by atoms with van der Waals surface area (Å²) in [4.78, 5) is 23.0. The topological polar surface area (TPSA) is 52.6 Å². The van der Waals surface area contributed by atoms with Crippen LogP contribution in [0.4, 0.5) is 0 Å². The molecule has 0 aliphatic heterocycles. The first-order valence-electron chi connectivity index (χ1n) is 4.76. The first kappa shape index (κ1) is 13.8. The van der Waals surface area contributed by atoms with E-state index in [0.29, 0.717) is 0 Å². The normalized spacial score (nSPS) is 9.88. The Balaban J connectivity index is 3.15. The van der Waals surface area contributed by atoms with E-state index in [4.69, 9.17) is 27.9 Å². The molecular weight excluding hydrogens is 267 g/mol. The fourth-order valence-electron chi connectivity index (χ4n) is 1.20. The summed E-state index contributed by atoms with van der Waals surface area (Å²) in [5.74, 6) is -1.63. The van der Waals surface area contributed by atoms with E-state index in [9.17, 15) is 9.59 Å². The number of carbonyl (C=O) groups excluding carboxylic acids is 2. The lowest BCUT2D eigenvalue weighted by molar-refractivity contribution is -0.137. The Hall–Kier alpha value is -1.26. The minimum atomic E-state index is -0.959. The van der Waals surface area contributed by atoms with Gasteiger partial charge in [0.2, 0.25) is 0 Å². The van der Waals surface area contributed by atoms with Gasteiger partial charge in [0.05, 0.1) is 29.3 Å². The lowest BCUT2D eigenvalue weighted by Crippen LogP contribution is -2.18. The number of Topliss-reactive ketones (excluding diaryl/α,β-unsaturated/α-hetero) is 1. The number of ether oxygens (including phenoxy) is 2. The predicted octanol–water partition coefficient (Wildman–Crippen LogP) is 2.75. The van der Waals surface area contributed by atoms with Crippen molar-refractivity contribution < 1.29 is 19.1 Å². The van der Waals surface area contributed by atoms with E-state index in [1.54, 1.807) is 6.92 Å². The Labute approximate surface area is 108 Å². The van der Waals surface area contributed by atoms with Crippen LogP contribution in [0.15, 0.2) is 12.1 Å². The number of methoxy groups -OCH3 is 1. The Kier molecular flexibility index (Phi) is 4.78. The number of benzene rings is 1. The zero-order valence-corrected chi connectivity index (χ0v) is 10.8. The van der Waals surface area contributed by atoms with Gasteiger partial charge in [0.1, 0.15) is 0 Å². The molecule has 6 heteroatoms. The summed E-state index contributed by atoms with van der Waals surface area (Å²) in [6.45, 7) is 1.72. The fourth-order valence-corrected chi connectivity index (χ4v) is 1.81. The number of hydrogen-bond donors (Lipinski definition) is 0. The SMILES string of the molecule is CCOC(=O)C(=O)c1ccc(Cl)c(OC)c1Cl. The van der Waals surface area contributed by atoms with Crippen molar-refractivity contribution in [2.24, 2.45) is 0 Å². The molecule has 1 rings (SSSR count). The first-order valence-corrected chi connectivity index (χ1v) is 5.52. The third kappa shape index (κ3) is 2.90. The van der Waals surface area contributed by atoms with Gasteiger partial charge in [-0.25, -0.2) is 4.79 Å². The molecule has 1 aromatic rings. The predicted molar refractivity (Wildman–Crippen MR) is 64.0 cm³/mol. The van der Waals surface area contributed by atoms with Crippen LogP contribution in [-0.4, -0.2) is 25.5 Å². The largest absolute Gasteiger partial charge is 0.494 e. The maximum Gasteiger partial charge on any atom is 0.379 e. The molecule has 0 atom stereocenters. The van der Waals surface area contributed by atoms with Crippen molar-refractivity contribution in [3.05, 3.63) is 27.7 Å². The van der Waals surface area contributed by atoms with Crippen molar-refractivity contribution in [1.82, 2.24) is 0 Å². The second kappa shape index (κ2) is 5.89. The van der Waals surface area contributed by atoms with Gasteiger partial charge < -0.3 is 9.47 Å². The molecule has 0 aliphatic rings. The average molecular weight is 277 g/mol. The first-order chi connectivity index (χ1) is 8.02. The van der Waals surface area contributed by atoms with E-state index in [-0.39, 0.29) is 28.0 Å². The number of rotatable bonds is 4. The van der Waals surface area contributed by atoms with Crippen molar-refractivity contribution in [2.75, 3.05) is 13.7 Å². The zero-order valence-electron chi connectivity index (χ0n) is 9.25. The molecule has 0 N–H and O–H groups in total. The minimum Gasteiger partial charge on any atom is -0.494 e. The molecule has 0 spiro atoms. The van der Waals surface area contributed by atoms with Crippen molar-refractivity contribution in [3.63, 3.8) is 0 Å². The lowest BCUT2D eigenvalue weighted by atomic mass is 10.1. The van der Waals surface area contributed by atoms with Crippen LogP contribution in [-0.2, 0) is 9.53 Å². The Bertz CT molecular complexity index is 457. The summed E-state index contributed by atoms with van der Waals surface area (Å²) in [6.07, 6.45) is 0. The highest BCUT2D eigenvalue weighted by atomic mass is 35.5. The van der Waals surface area contributed by atoms with Gasteiger partial charge in [0, 0.05) is 0 Å². The minimum absolute atomic E-state index is 0.00180. The highest BCUT2D eigenvalue weighted by molar-refractivity contribution is 6.47. The molecule has 0 saturated carbocycles. The van der Waals surface area contributed by atoms with Crippen LogP contribution in [0.2, 0.25) is 10.0 Å². The Morgan fingerprint density at radius 2 is 1.94 bits per heavy atom. The van der Waals surface area contributed by atoms with Crippen LogP contribution in [0.25, 0.3) is 0 Å². The van der Waals surface area contributed by atoms with Crippen LogP contribution in [0.3, 0.4) is 0 Å². The molecule has 1 aromatic carbocycles. The van der Waals surface area contributed by atoms with Gasteiger partial charge in [0.15, 0.2) is 5.75 Å². The third-order valence-electron chi connectivity index (χ3n) is 1.96. The van der Waals surface area contributed by atoms with E-state index in [1.807, 2.05) is 0 Å². The van der Waals surface area contributed by atoms with Crippen LogP contribution < -0.4 is 4.74 Å². The fraction of sp³-hybridized carbons (Fsp3) is 0.273. The van der Waals surface area contributed by atoms with Gasteiger partial charge in [-0.05, 0) is 19.1 Å². The second-order valence-corrected chi connectivity index (χ2v) is 3.78. The molecular formula is C11H10Cl2O4. The molecule has 0 saturated heterocycles. The van der Waals surface area contributed by atoms with Crippen LogP contribution in [0, 0.1) is 0 Å². The van der Waals surface area contributed by atoms with Crippen molar-refractivity contribution in [1.29, 1.82) is 0 Å². The van der Waals surface area contributed by atoms with E-state index in [1.165, 1.54) is 19.2 Å². The molecule has 17 heavy (non-hydrogen) atoms. The van der Waals surface area contributed by atoms with Gasteiger partial charge in [-0.15, -0.1) is 0 Å². The number of carbonyl (C=O) groups is 2. The van der Waals surface area contributed by atoms with Gasteiger partial charge in [0.25, 0.3) is 5.78 Å². The Morgan fingerprint density at radius 1 is 1.29 bits per heavy atom. The summed E-state index contributed by atoms with van der Waals surface area (Å²) in [7, 11) is 1.37. The quantitative estimate of drug-likeness (QED) is 0.482. The highest BCUT2D eigenvalue weighted by Gasteiger charge is 2.23. The van der Waals surface area contributed by atoms with Crippen LogP contribution in [0.1, 0.15) is 17.3 Å². The van der Waals surface area contributed by atoms with Crippen molar-refractivity contribution >= 4 is 35.0 Å². The van der Waals surface area contributed by atoms with Crippen LogP contribution >= 0.6 is 23.2 Å². The molecule has 0 amide bonds. The standard InChI is InChI=1S/C11H10Cl2O4/c1-3-17-11(15)9(14)6-4-5-7(12)10(16-2)8(6)13/h4-5H,3H2,1-2H3. The van der Waals surface area contributed by atoms with Crippen molar-refractivity contribution in [2.45, 2.75) is 6.92 Å². The molecule has 4 nitrogen and oxygen atoms in total. The smallest absolute Gasteiger partial charge is 0.379 e. The van der Waals surface area contributed by atoms with Gasteiger partial charge >= 0.3 is 5.97 Å². The van der Waals surface area contributed by atoms with Gasteiger partial charge in [-0.3, -0.25) is 4.79 Å². The van der Waals surface area contributed by atoms with E-state index < -0.39 is 11.8 Å². The maximum atomic E-state index is 11.7. The molecule has 0 heterocycles. The zero-order chi connectivity index (χ0) is 13.0. The summed E-state index contributed by atoms with van der Waals surface area (Å²) in [5, 5.41) is 0.260. The molecule has 0 unspecified atom stereocenters. The number of esters is 1. The van der Waals surface area contributed by atoms with Crippen LogP contribution in [0.5, 0.6) is 5.75 Å². The van der Waals surface area contributed by atoms with E-state index in [2.05, 4.69) is 4.74 Å². The summed E-state index contributed by atoms with van der Waals surface area (Å²) >= 11 is 11.7. The molecule has 0 radical (unpaired) electrons. The number of halogens is 2. The van der Waals surface area contributed by atoms with Gasteiger partial charge in [-0.1, -0.05) is 23.2 Å². The third-order valence-corrected chi connectivity index (χ3v) is 2.63. The van der Waals surface area contributed by atoms with Crippen molar-refractivity contribution in [3.8, 4) is 5.75 Å². The summed E-state index contributed by atoms with van der Waals surface area (Å²) in [6, 6.07) is 2.78. The molecule has 0 bridgehead atoms. The molecule has 0 aliphatic carbocycles. The summed E-state index contributed by atoms with van der Waals surface area (Å²) < 4.78 is 9.53. The second-order valence-electron chi connectivity index (χ2n) is 2.99. The summed E-state index contributed by atoms with van der Waals surface area (Å²) in [5.41, 5.74) is 0.00590. The monoisotopic (exact) mass is 276 g/mol. The number of ketones is 1. The Morgan fingerprint density at radius 3 is 2.47 bits per heavy atom. The molecule has 0 fully saturated rings. The number of hydrogen-bond acceptors (Lipinski definition) is 4.